The number of methoxy groups -OCH3 is 1. The molecule has 0 unspecified atom stereocenters. The average molecular weight is 502 g/mol. The molecule has 1 heterocycles. The second kappa shape index (κ2) is 10.1. The van der Waals surface area contributed by atoms with E-state index < -0.39 is 0 Å². The van der Waals surface area contributed by atoms with Crippen molar-refractivity contribution in [3.8, 4) is 0 Å². The molecule has 196 valence electrons. The van der Waals surface area contributed by atoms with E-state index in [0.29, 0.717) is 18.7 Å². The van der Waals surface area contributed by atoms with Gasteiger partial charge in [0, 0.05) is 44.7 Å². The third-order valence-corrected chi connectivity index (χ3v) is 9.30. The van der Waals surface area contributed by atoms with Crippen LogP contribution in [-0.4, -0.2) is 38.6 Å². The summed E-state index contributed by atoms with van der Waals surface area (Å²) >= 11 is 0. The molecule has 5 aliphatic rings. The van der Waals surface area contributed by atoms with Crippen LogP contribution in [0, 0.1) is 23.2 Å². The molecule has 0 saturated heterocycles. The fourth-order valence-electron chi connectivity index (χ4n) is 7.94. The van der Waals surface area contributed by atoms with Crippen molar-refractivity contribution in [2.24, 2.45) is 23.2 Å². The number of ether oxygens (including phenoxy) is 1. The Hall–Kier alpha value is -2.86. The van der Waals surface area contributed by atoms with Crippen LogP contribution in [0.4, 0.5) is 11.4 Å². The summed E-state index contributed by atoms with van der Waals surface area (Å²) in [6.07, 6.45) is 8.75. The number of hydrogen-bond donors (Lipinski definition) is 2. The zero-order valence-electron chi connectivity index (χ0n) is 21.9. The third kappa shape index (κ3) is 4.88. The van der Waals surface area contributed by atoms with Crippen LogP contribution in [0.3, 0.4) is 0 Å². The van der Waals surface area contributed by atoms with Crippen molar-refractivity contribution < 1.29 is 14.3 Å². The lowest BCUT2D eigenvalue weighted by Gasteiger charge is -2.55. The number of anilines is 2. The number of nitrogens with zero attached hydrogens (tertiary/aromatic N) is 1. The molecular formula is C31H39N3O3. The van der Waals surface area contributed by atoms with Crippen LogP contribution in [0.2, 0.25) is 0 Å². The van der Waals surface area contributed by atoms with Gasteiger partial charge in [0.2, 0.25) is 5.91 Å². The summed E-state index contributed by atoms with van der Waals surface area (Å²) in [6, 6.07) is 14.4. The standard InChI is InChI=1S/C31H39N3O3/c1-37-12-4-10-32-29(35)27-16-26(7-8-28(27)34-11-9-24-5-2-3-6-25(24)20-34)33-30(36)31-17-21-13-22(18-31)15-23(14-21)19-31/h2-3,5-8,16,21-23H,4,9-15,17-20H2,1H3,(H,32,35)(H,33,36). The Balaban J connectivity index is 1.24. The third-order valence-electron chi connectivity index (χ3n) is 9.30. The minimum Gasteiger partial charge on any atom is -0.385 e. The molecule has 4 fully saturated rings. The predicted octanol–water partition coefficient (Wildman–Crippen LogP) is 5.17. The van der Waals surface area contributed by atoms with E-state index in [-0.39, 0.29) is 17.2 Å². The zero-order valence-corrected chi connectivity index (χ0v) is 21.9. The highest BCUT2D eigenvalue weighted by molar-refractivity contribution is 6.03. The Labute approximate surface area is 220 Å². The van der Waals surface area contributed by atoms with Crippen molar-refractivity contribution in [3.63, 3.8) is 0 Å². The molecule has 2 aromatic carbocycles. The quantitative estimate of drug-likeness (QED) is 0.490. The number of carbonyl (C=O) groups is 2. The number of benzene rings is 2. The fraction of sp³-hybridized carbons (Fsp3) is 0.548. The zero-order chi connectivity index (χ0) is 25.4. The minimum absolute atomic E-state index is 0.101. The maximum absolute atomic E-state index is 13.7. The van der Waals surface area contributed by atoms with Gasteiger partial charge in [-0.3, -0.25) is 9.59 Å². The highest BCUT2D eigenvalue weighted by atomic mass is 16.5. The minimum atomic E-state index is -0.216. The number of amides is 2. The maximum atomic E-state index is 13.7. The van der Waals surface area contributed by atoms with E-state index in [1.807, 2.05) is 18.2 Å². The van der Waals surface area contributed by atoms with Gasteiger partial charge in [-0.1, -0.05) is 24.3 Å². The Morgan fingerprint density at radius 3 is 2.41 bits per heavy atom. The van der Waals surface area contributed by atoms with Gasteiger partial charge in [-0.05, 0) is 98.4 Å². The molecule has 0 atom stereocenters. The van der Waals surface area contributed by atoms with Crippen LogP contribution in [0.1, 0.15) is 66.4 Å². The fourth-order valence-corrected chi connectivity index (χ4v) is 7.94. The van der Waals surface area contributed by atoms with E-state index in [1.165, 1.54) is 30.4 Å². The molecule has 6 nitrogen and oxygen atoms in total. The van der Waals surface area contributed by atoms with Gasteiger partial charge in [0.1, 0.15) is 0 Å². The van der Waals surface area contributed by atoms with Crippen LogP contribution >= 0.6 is 0 Å². The van der Waals surface area contributed by atoms with Crippen molar-refractivity contribution >= 4 is 23.2 Å². The van der Waals surface area contributed by atoms with Crippen LogP contribution in [0.5, 0.6) is 0 Å². The van der Waals surface area contributed by atoms with Crippen LogP contribution in [-0.2, 0) is 22.5 Å². The van der Waals surface area contributed by atoms with Gasteiger partial charge in [0.05, 0.1) is 11.0 Å². The molecule has 7 rings (SSSR count). The summed E-state index contributed by atoms with van der Waals surface area (Å²) in [4.78, 5) is 29.4. The number of nitrogens with one attached hydrogen (secondary N) is 2. The molecule has 2 amide bonds. The van der Waals surface area contributed by atoms with Gasteiger partial charge >= 0.3 is 0 Å². The second-order valence-electron chi connectivity index (χ2n) is 11.9. The van der Waals surface area contributed by atoms with E-state index in [4.69, 9.17) is 4.74 Å². The highest BCUT2D eigenvalue weighted by Gasteiger charge is 2.54. The molecule has 4 aliphatic carbocycles. The van der Waals surface area contributed by atoms with E-state index >= 15 is 0 Å². The number of hydrogen-bond acceptors (Lipinski definition) is 4. The van der Waals surface area contributed by atoms with E-state index in [2.05, 4.69) is 39.8 Å². The van der Waals surface area contributed by atoms with Crippen molar-refractivity contribution in [3.05, 3.63) is 59.2 Å². The molecule has 37 heavy (non-hydrogen) atoms. The molecule has 0 aromatic heterocycles. The predicted molar refractivity (Wildman–Crippen MR) is 146 cm³/mol. The first-order valence-corrected chi connectivity index (χ1v) is 14.1. The van der Waals surface area contributed by atoms with Gasteiger partial charge in [0.25, 0.3) is 5.91 Å². The lowest BCUT2D eigenvalue weighted by Crippen LogP contribution is -2.51. The molecule has 2 N–H and O–H groups in total. The van der Waals surface area contributed by atoms with Gasteiger partial charge in [-0.25, -0.2) is 0 Å². The smallest absolute Gasteiger partial charge is 0.253 e. The number of carbonyl (C=O) groups excluding carboxylic acids is 2. The molecule has 2 aromatic rings. The largest absolute Gasteiger partial charge is 0.385 e. The first-order chi connectivity index (χ1) is 18.0. The average Bonchev–Trinajstić information content (AvgIpc) is 2.90. The van der Waals surface area contributed by atoms with Crippen LogP contribution in [0.25, 0.3) is 0 Å². The van der Waals surface area contributed by atoms with Crippen LogP contribution in [0.15, 0.2) is 42.5 Å². The van der Waals surface area contributed by atoms with Crippen molar-refractivity contribution in [2.45, 2.75) is 57.9 Å². The topological polar surface area (TPSA) is 70.7 Å². The lowest BCUT2D eigenvalue weighted by molar-refractivity contribution is -0.140. The molecule has 4 saturated carbocycles. The van der Waals surface area contributed by atoms with Gasteiger partial charge in [-0.2, -0.15) is 0 Å². The Morgan fingerprint density at radius 1 is 1.00 bits per heavy atom. The van der Waals surface area contributed by atoms with Gasteiger partial charge < -0.3 is 20.3 Å². The summed E-state index contributed by atoms with van der Waals surface area (Å²) in [7, 11) is 1.67. The Bertz CT molecular complexity index is 1140. The summed E-state index contributed by atoms with van der Waals surface area (Å²) in [5.41, 5.74) is 4.74. The molecule has 1 aliphatic heterocycles. The van der Waals surface area contributed by atoms with Crippen molar-refractivity contribution in [2.75, 3.05) is 37.0 Å². The summed E-state index contributed by atoms with van der Waals surface area (Å²) in [5, 5.41) is 6.32. The van der Waals surface area contributed by atoms with E-state index in [9.17, 15) is 9.59 Å². The van der Waals surface area contributed by atoms with Crippen LogP contribution < -0.4 is 15.5 Å². The maximum Gasteiger partial charge on any atom is 0.253 e. The second-order valence-corrected chi connectivity index (χ2v) is 11.9. The van der Waals surface area contributed by atoms with Crippen molar-refractivity contribution in [1.29, 1.82) is 0 Å². The summed E-state index contributed by atoms with van der Waals surface area (Å²) < 4.78 is 5.14. The molecule has 4 bridgehead atoms. The Morgan fingerprint density at radius 2 is 1.70 bits per heavy atom. The van der Waals surface area contributed by atoms with Gasteiger partial charge in [0.15, 0.2) is 0 Å². The normalized spacial score (nSPS) is 27.6. The molecular weight excluding hydrogens is 462 g/mol. The number of fused-ring (bicyclic) bond motifs is 1. The van der Waals surface area contributed by atoms with E-state index in [0.717, 1.165) is 74.3 Å². The lowest BCUT2D eigenvalue weighted by atomic mass is 9.49. The first-order valence-electron chi connectivity index (χ1n) is 14.1. The SMILES string of the molecule is COCCCNC(=O)c1cc(NC(=O)C23CC4CC(CC(C4)C2)C3)ccc1N1CCc2ccccc2C1. The van der Waals surface area contributed by atoms with E-state index in [1.54, 1.807) is 7.11 Å². The van der Waals surface area contributed by atoms with Crippen molar-refractivity contribution in [1.82, 2.24) is 5.32 Å². The summed E-state index contributed by atoms with van der Waals surface area (Å²) in [6.45, 7) is 2.80. The first kappa shape index (κ1) is 24.5. The molecule has 0 radical (unpaired) electrons. The monoisotopic (exact) mass is 501 g/mol. The molecule has 6 heteroatoms. The summed E-state index contributed by atoms with van der Waals surface area (Å²) in [5.74, 6) is 2.22. The number of rotatable bonds is 8. The highest BCUT2D eigenvalue weighted by Crippen LogP contribution is 2.60. The van der Waals surface area contributed by atoms with Gasteiger partial charge in [-0.15, -0.1) is 0 Å². The molecule has 0 spiro atoms. The Kier molecular flexibility index (Phi) is 6.70.